The zero-order valence-corrected chi connectivity index (χ0v) is 60.1. The number of carbonyl (C=O) groups is 2. The lowest BCUT2D eigenvalue weighted by atomic mass is 9.80. The molecule has 3 saturated heterocycles. The molecule has 3 aromatic carbocycles. The molecule has 574 valence electrons. The number of hydrogen-bond donors (Lipinski definition) is 3. The summed E-state index contributed by atoms with van der Waals surface area (Å²) in [6, 6.07) is 27.2. The summed E-state index contributed by atoms with van der Waals surface area (Å²) in [5, 5.41) is 19.4. The zero-order valence-electron chi connectivity index (χ0n) is 58.3. The minimum atomic E-state index is -6.00. The van der Waals surface area contributed by atoms with E-state index >= 15 is 9.13 Å². The van der Waals surface area contributed by atoms with Crippen LogP contribution in [0.4, 0.5) is 17.3 Å². The van der Waals surface area contributed by atoms with Gasteiger partial charge < -0.3 is 55.2 Å². The number of rotatable bonds is 33. The van der Waals surface area contributed by atoms with Crippen LogP contribution in [0.3, 0.4) is 0 Å². The van der Waals surface area contributed by atoms with Crippen molar-refractivity contribution in [2.45, 2.75) is 127 Å². The standard InChI is InChI=1S/C66H74N10O24P2.BF4/c1-41-34-74(63(82)69-60(41)79)55-30-49(98-59(78)33-58(77)89-29-26-73-25-24-72(4)40-73)53(96-55)38-93-101(85,91-27-10-22-67)100-51-32-57(76-36-43(3)62(81)71-65(76)84)97-54(51)39-94-102(86,92-28-11-23-68)99-50-31-56(75-35-42(2)61(80)70-64(75)83)95-52(50)37-90-66(44-12-8-7-9-13-44,45-14-18-47(87-5)19-15-45)46-16-20-48(88-6)21-17-46;2-1(3,4)5/h7-9,12-21,24-25,34-36,40,49-57H,10-11,26-33,37-39H2,1-6H3,(H2-,69,70,71,79,80,81,82,83,84);/q;-1/p+1/t49-,50-,51-,52+,53+,54+,55+,56+,57+,101?,102?;/m0./s1. The van der Waals surface area contributed by atoms with Gasteiger partial charge in [-0.15, -0.1) is 0 Å². The molecule has 41 heteroatoms. The van der Waals surface area contributed by atoms with Crippen LogP contribution in [0.15, 0.2) is 145 Å². The number of phosphoric acid groups is 2. The first-order valence-electron chi connectivity index (χ1n) is 33.0. The molecule has 2 unspecified atom stereocenters. The number of benzene rings is 3. The van der Waals surface area contributed by atoms with Gasteiger partial charge in [0, 0.05) is 54.5 Å². The molecule has 0 amide bonds. The van der Waals surface area contributed by atoms with E-state index in [9.17, 15) is 66.1 Å². The summed E-state index contributed by atoms with van der Waals surface area (Å²) in [6.45, 7) is 1.16. The van der Waals surface area contributed by atoms with Gasteiger partial charge in [-0.3, -0.25) is 79.8 Å². The van der Waals surface area contributed by atoms with Gasteiger partial charge in [-0.2, -0.15) is 10.5 Å². The van der Waals surface area contributed by atoms with Crippen LogP contribution in [0.25, 0.3) is 0 Å². The number of nitrogens with one attached hydrogen (secondary N) is 3. The molecule has 4 aromatic heterocycles. The van der Waals surface area contributed by atoms with Gasteiger partial charge in [0.15, 0.2) is 0 Å². The largest absolute Gasteiger partial charge is 0.673 e. The van der Waals surface area contributed by atoms with Crippen LogP contribution < -0.4 is 47.8 Å². The van der Waals surface area contributed by atoms with Crippen LogP contribution in [0.1, 0.15) is 90.6 Å². The second kappa shape index (κ2) is 36.2. The normalized spacial score (nSPS) is 21.1. The van der Waals surface area contributed by atoms with Gasteiger partial charge in [0.25, 0.3) is 16.7 Å². The molecular weight excluding hydrogens is 1470 g/mol. The number of aromatic amines is 3. The first-order chi connectivity index (χ1) is 50.9. The second-order valence-electron chi connectivity index (χ2n) is 24.3. The van der Waals surface area contributed by atoms with Crippen molar-refractivity contribution in [3.05, 3.63) is 212 Å². The topological polar surface area (TPSA) is 418 Å². The molecule has 107 heavy (non-hydrogen) atoms. The number of aryl methyl sites for hydroxylation is 4. The van der Waals surface area contributed by atoms with Crippen molar-refractivity contribution >= 4 is 34.8 Å². The number of imidazole rings is 1. The Morgan fingerprint density at radius 3 is 1.39 bits per heavy atom. The maximum absolute atomic E-state index is 15.6. The van der Waals surface area contributed by atoms with Crippen LogP contribution in [0, 0.1) is 43.4 Å². The number of aromatic nitrogens is 8. The predicted octanol–water partition coefficient (Wildman–Crippen LogP) is 5.80. The van der Waals surface area contributed by atoms with Gasteiger partial charge >= 0.3 is 51.9 Å². The lowest BCUT2D eigenvalue weighted by Crippen LogP contribution is -2.38. The molecule has 0 bridgehead atoms. The second-order valence-corrected chi connectivity index (χ2v) is 27.6. The minimum Gasteiger partial charge on any atom is -0.497 e. The molecule has 3 aliphatic rings. The van der Waals surface area contributed by atoms with E-state index in [1.807, 2.05) is 66.7 Å². The highest BCUT2D eigenvalue weighted by Crippen LogP contribution is 2.57. The Bertz CT molecular complexity index is 4760. The maximum Gasteiger partial charge on any atom is 0.673 e. The van der Waals surface area contributed by atoms with Gasteiger partial charge in [0.1, 0.15) is 104 Å². The van der Waals surface area contributed by atoms with Crippen LogP contribution in [-0.2, 0) is 93.5 Å². The molecule has 0 aliphatic carbocycles. The minimum absolute atomic E-state index is 0.0559. The van der Waals surface area contributed by atoms with Crippen molar-refractivity contribution in [1.82, 2.24) is 33.2 Å². The van der Waals surface area contributed by atoms with Gasteiger partial charge in [-0.1, -0.05) is 54.6 Å². The first-order valence-corrected chi connectivity index (χ1v) is 35.9. The third kappa shape index (κ3) is 21.5. The van der Waals surface area contributed by atoms with Crippen LogP contribution in [0.5, 0.6) is 11.5 Å². The Balaban J connectivity index is 0.00000256. The number of nitrogens with zero attached hydrogens (tertiary/aromatic N) is 7. The summed E-state index contributed by atoms with van der Waals surface area (Å²) in [5.41, 5.74) is -4.17. The van der Waals surface area contributed by atoms with Gasteiger partial charge in [0.05, 0.1) is 79.3 Å². The fourth-order valence-electron chi connectivity index (χ4n) is 11.6. The van der Waals surface area contributed by atoms with E-state index < -0.39 is 175 Å². The highest BCUT2D eigenvalue weighted by Gasteiger charge is 2.50. The molecule has 11 atom stereocenters. The van der Waals surface area contributed by atoms with Crippen LogP contribution in [0.2, 0.25) is 0 Å². The van der Waals surface area contributed by atoms with Crippen molar-refractivity contribution in [3.8, 4) is 23.6 Å². The average Bonchev–Trinajstić information content (AvgIpc) is 1.66. The molecular formula is C66H75BF4N10O24P2. The summed E-state index contributed by atoms with van der Waals surface area (Å²) in [4.78, 5) is 111. The third-order valence-corrected chi connectivity index (χ3v) is 19.8. The van der Waals surface area contributed by atoms with Gasteiger partial charge in [0.2, 0.25) is 6.33 Å². The molecule has 10 rings (SSSR count). The number of phosphoric ester groups is 2. The highest BCUT2D eigenvalue weighted by atomic mass is 31.2. The van der Waals surface area contributed by atoms with Gasteiger partial charge in [-0.05, 0) is 61.7 Å². The highest BCUT2D eigenvalue weighted by molar-refractivity contribution is 7.48. The van der Waals surface area contributed by atoms with E-state index in [0.717, 1.165) is 13.7 Å². The fourth-order valence-corrected chi connectivity index (χ4v) is 14.4. The van der Waals surface area contributed by atoms with E-state index in [0.29, 0.717) is 28.2 Å². The number of nitriles is 2. The summed E-state index contributed by atoms with van der Waals surface area (Å²) in [7, 11) is -11.4. The predicted molar refractivity (Wildman–Crippen MR) is 363 cm³/mol. The molecule has 34 nitrogen and oxygen atoms in total. The van der Waals surface area contributed by atoms with Crippen molar-refractivity contribution in [1.29, 1.82) is 10.5 Å². The summed E-state index contributed by atoms with van der Waals surface area (Å²) < 4.78 is 161. The molecule has 0 spiro atoms. The Morgan fingerprint density at radius 2 is 0.991 bits per heavy atom. The molecule has 7 aromatic rings. The summed E-state index contributed by atoms with van der Waals surface area (Å²) >= 11 is 0. The summed E-state index contributed by atoms with van der Waals surface area (Å²) in [5.74, 6) is -0.954. The Morgan fingerprint density at radius 1 is 0.589 bits per heavy atom. The third-order valence-electron chi connectivity index (χ3n) is 16.8. The number of hydrogen-bond acceptors (Lipinski definition) is 26. The van der Waals surface area contributed by atoms with Crippen LogP contribution in [-0.4, -0.2) is 143 Å². The lowest BCUT2D eigenvalue weighted by Gasteiger charge is -2.37. The monoisotopic (exact) mass is 1540 g/mol. The summed E-state index contributed by atoms with van der Waals surface area (Å²) in [6.07, 6.45) is -6.42. The smallest absolute Gasteiger partial charge is 0.497 e. The SMILES string of the molecule is COc1ccc(C(OC[C@H]2O[C@@H](n3cc(C)c(=O)[nH]c3=O)C[C@@H]2OP(=O)(OCCC#N)OC[C@H]2O[C@@H](n3cc(C)c(=O)[nH]c3=O)C[C@@H]2OP(=O)(OCCC#N)OC[C@H]2O[C@@H](n3cc(C)c(=O)[nH]c3=O)C[C@@H]2OC(=O)CC(=O)OCCn2cc[n+](C)c2)(c2ccccc2)c2ccc(OC)cc2)cc1.F[B-](F)(F)F. The number of methoxy groups -OCH3 is 2. The maximum atomic E-state index is 15.6. The number of H-pyrrole nitrogens is 3. The van der Waals surface area contributed by atoms with E-state index in [4.69, 9.17) is 65.0 Å². The van der Waals surface area contributed by atoms with E-state index in [1.54, 1.807) is 59.2 Å². The van der Waals surface area contributed by atoms with E-state index in [1.165, 1.54) is 53.6 Å². The van der Waals surface area contributed by atoms with Crippen molar-refractivity contribution < 1.29 is 106 Å². The quantitative estimate of drug-likeness (QED) is 0.00639. The number of halogens is 4. The number of esters is 2. The molecule has 3 N–H and O–H groups in total. The lowest BCUT2D eigenvalue weighted by molar-refractivity contribution is -0.671. The molecule has 0 saturated carbocycles. The number of ether oxygens (including phenoxy) is 8. The molecule has 7 heterocycles. The van der Waals surface area contributed by atoms with Crippen molar-refractivity contribution in [2.75, 3.05) is 53.9 Å². The van der Waals surface area contributed by atoms with Crippen LogP contribution >= 0.6 is 15.6 Å². The van der Waals surface area contributed by atoms with E-state index in [-0.39, 0.29) is 55.5 Å². The van der Waals surface area contributed by atoms with Crippen molar-refractivity contribution in [3.63, 3.8) is 0 Å². The van der Waals surface area contributed by atoms with E-state index in [2.05, 4.69) is 15.0 Å². The Labute approximate surface area is 605 Å². The zero-order chi connectivity index (χ0) is 77.4. The fraction of sp³-hybridized carbons (Fsp3) is 0.439. The molecule has 3 fully saturated rings. The average molecular weight is 1540 g/mol. The van der Waals surface area contributed by atoms with Gasteiger partial charge in [-0.25, -0.2) is 32.6 Å². The van der Waals surface area contributed by atoms with Crippen molar-refractivity contribution in [2.24, 2.45) is 7.05 Å². The molecule has 3 aliphatic heterocycles. The first kappa shape index (κ1) is 81.4. The Hall–Kier alpha value is -9.73. The molecule has 0 radical (unpaired) electrons. The number of carbonyl (C=O) groups excluding carboxylic acids is 2. The Kier molecular flexibility index (Phi) is 27.6.